The molecule has 1 saturated heterocycles. The fraction of sp³-hybridized carbons (Fsp3) is 0.455. The average molecular weight is 262 g/mol. The van der Waals surface area contributed by atoms with Gasteiger partial charge in [-0.25, -0.2) is 0 Å². The Kier molecular flexibility index (Phi) is 3.00. The minimum absolute atomic E-state index is 0.0907. The van der Waals surface area contributed by atoms with Crippen molar-refractivity contribution in [1.82, 2.24) is 25.3 Å². The summed E-state index contributed by atoms with van der Waals surface area (Å²) in [5.74, 6) is 0.143. The van der Waals surface area contributed by atoms with Crippen LogP contribution in [0.4, 0.5) is 6.01 Å². The maximum Gasteiger partial charge on any atom is 0.322 e. The van der Waals surface area contributed by atoms with Crippen molar-refractivity contribution in [1.29, 1.82) is 0 Å². The van der Waals surface area contributed by atoms with Crippen molar-refractivity contribution in [2.45, 2.75) is 18.9 Å². The van der Waals surface area contributed by atoms with E-state index in [1.807, 2.05) is 0 Å². The Balaban J connectivity index is 1.68. The second-order valence-corrected chi connectivity index (χ2v) is 4.42. The molecule has 3 heterocycles. The Morgan fingerprint density at radius 2 is 2.47 bits per heavy atom. The van der Waals surface area contributed by atoms with E-state index in [0.29, 0.717) is 11.6 Å². The normalized spacial score (nSPS) is 18.7. The molecule has 0 aromatic carbocycles. The van der Waals surface area contributed by atoms with Crippen molar-refractivity contribution >= 4 is 11.9 Å². The van der Waals surface area contributed by atoms with Crippen LogP contribution in [-0.4, -0.2) is 32.4 Å². The molecule has 0 bridgehead atoms. The second-order valence-electron chi connectivity index (χ2n) is 4.42. The zero-order valence-electron chi connectivity index (χ0n) is 10.5. The van der Waals surface area contributed by atoms with Gasteiger partial charge in [-0.2, -0.15) is 5.10 Å². The highest BCUT2D eigenvalue weighted by Gasteiger charge is 2.22. The molecule has 1 atom stereocenters. The number of carbonyl (C=O) groups is 1. The van der Waals surface area contributed by atoms with Crippen LogP contribution in [-0.2, 0) is 7.05 Å². The first-order chi connectivity index (χ1) is 9.22. The number of hydrogen-bond acceptors (Lipinski definition) is 6. The van der Waals surface area contributed by atoms with Gasteiger partial charge in [-0.1, -0.05) is 5.10 Å². The smallest absolute Gasteiger partial charge is 0.322 e. The van der Waals surface area contributed by atoms with Crippen LogP contribution in [0.2, 0.25) is 0 Å². The van der Waals surface area contributed by atoms with Crippen LogP contribution in [0.25, 0.3) is 0 Å². The van der Waals surface area contributed by atoms with Gasteiger partial charge >= 0.3 is 6.01 Å². The maximum absolute atomic E-state index is 11.8. The van der Waals surface area contributed by atoms with E-state index in [2.05, 4.69) is 25.9 Å². The van der Waals surface area contributed by atoms with E-state index in [-0.39, 0.29) is 18.0 Å². The fourth-order valence-corrected chi connectivity index (χ4v) is 2.02. The summed E-state index contributed by atoms with van der Waals surface area (Å²) >= 11 is 0. The first-order valence-electron chi connectivity index (χ1n) is 6.10. The quantitative estimate of drug-likeness (QED) is 0.835. The van der Waals surface area contributed by atoms with Crippen LogP contribution in [0.3, 0.4) is 0 Å². The lowest BCUT2D eigenvalue weighted by molar-refractivity contribution is 0.101. The molecule has 1 amide bonds. The number of nitrogens with zero attached hydrogens (tertiary/aromatic N) is 4. The van der Waals surface area contributed by atoms with E-state index >= 15 is 0 Å². The van der Waals surface area contributed by atoms with Gasteiger partial charge in [0.1, 0.15) is 0 Å². The molecule has 2 aromatic heterocycles. The third-order valence-electron chi connectivity index (χ3n) is 2.97. The van der Waals surface area contributed by atoms with Crippen molar-refractivity contribution < 1.29 is 9.21 Å². The Morgan fingerprint density at radius 1 is 1.58 bits per heavy atom. The topological polar surface area (TPSA) is 97.9 Å². The Labute approximate surface area is 109 Å². The lowest BCUT2D eigenvalue weighted by Crippen LogP contribution is -2.13. The standard InChI is InChI=1S/C11H14N6O2/c1-17-6-4-7(16-17)9(18)13-11-15-14-10(19-11)8-3-2-5-12-8/h4,6,8,12H,2-3,5H2,1H3,(H,13,15,18). The molecule has 8 nitrogen and oxygen atoms in total. The number of aryl methyl sites for hydroxylation is 1. The van der Waals surface area contributed by atoms with Gasteiger partial charge < -0.3 is 9.73 Å². The molecule has 0 saturated carbocycles. The third-order valence-corrected chi connectivity index (χ3v) is 2.97. The predicted molar refractivity (Wildman–Crippen MR) is 65.4 cm³/mol. The van der Waals surface area contributed by atoms with Gasteiger partial charge in [-0.3, -0.25) is 14.8 Å². The summed E-state index contributed by atoms with van der Waals surface area (Å²) in [6.45, 7) is 0.947. The zero-order valence-corrected chi connectivity index (χ0v) is 10.5. The summed E-state index contributed by atoms with van der Waals surface area (Å²) in [6.07, 6.45) is 3.75. The molecule has 0 aliphatic carbocycles. The molecule has 1 aliphatic rings. The van der Waals surface area contributed by atoms with E-state index in [9.17, 15) is 4.79 Å². The number of hydrogen-bond donors (Lipinski definition) is 2. The van der Waals surface area contributed by atoms with Crippen LogP contribution >= 0.6 is 0 Å². The Hall–Kier alpha value is -2.22. The SMILES string of the molecule is Cn1ccc(C(=O)Nc2nnc(C3CCCN3)o2)n1. The number of aromatic nitrogens is 4. The Morgan fingerprint density at radius 3 is 3.16 bits per heavy atom. The largest absolute Gasteiger partial charge is 0.406 e. The molecule has 8 heteroatoms. The van der Waals surface area contributed by atoms with E-state index in [4.69, 9.17) is 4.42 Å². The summed E-state index contributed by atoms with van der Waals surface area (Å²) in [5, 5.41) is 17.5. The molecule has 1 fully saturated rings. The van der Waals surface area contributed by atoms with Gasteiger partial charge in [0.25, 0.3) is 5.91 Å². The van der Waals surface area contributed by atoms with E-state index in [1.165, 1.54) is 0 Å². The predicted octanol–water partition coefficient (Wildman–Crippen LogP) is 0.480. The summed E-state index contributed by atoms with van der Waals surface area (Å²) in [5.41, 5.74) is 0.307. The minimum Gasteiger partial charge on any atom is -0.406 e. The van der Waals surface area contributed by atoms with Crippen LogP contribution in [0.5, 0.6) is 0 Å². The summed E-state index contributed by atoms with van der Waals surface area (Å²) in [6, 6.07) is 1.80. The lowest BCUT2D eigenvalue weighted by atomic mass is 10.2. The van der Waals surface area contributed by atoms with Crippen molar-refractivity contribution in [3.8, 4) is 0 Å². The number of anilines is 1. The maximum atomic E-state index is 11.8. The van der Waals surface area contributed by atoms with Gasteiger partial charge in [0.05, 0.1) is 6.04 Å². The van der Waals surface area contributed by atoms with Crippen LogP contribution in [0.15, 0.2) is 16.7 Å². The zero-order chi connectivity index (χ0) is 13.2. The lowest BCUT2D eigenvalue weighted by Gasteiger charge is -2.02. The van der Waals surface area contributed by atoms with E-state index in [1.54, 1.807) is 24.0 Å². The van der Waals surface area contributed by atoms with Crippen molar-refractivity contribution in [2.24, 2.45) is 7.05 Å². The number of amides is 1. The monoisotopic (exact) mass is 262 g/mol. The number of nitrogens with one attached hydrogen (secondary N) is 2. The van der Waals surface area contributed by atoms with Crippen molar-refractivity contribution in [3.63, 3.8) is 0 Å². The summed E-state index contributed by atoms with van der Waals surface area (Å²) in [4.78, 5) is 11.8. The van der Waals surface area contributed by atoms with Crippen molar-refractivity contribution in [2.75, 3.05) is 11.9 Å². The van der Waals surface area contributed by atoms with Gasteiger partial charge in [0.2, 0.25) is 5.89 Å². The van der Waals surface area contributed by atoms with Gasteiger partial charge in [-0.05, 0) is 25.5 Å². The highest BCUT2D eigenvalue weighted by Crippen LogP contribution is 2.22. The molecule has 1 aliphatic heterocycles. The van der Waals surface area contributed by atoms with Crippen LogP contribution < -0.4 is 10.6 Å². The van der Waals surface area contributed by atoms with Gasteiger partial charge in [0.15, 0.2) is 5.69 Å². The van der Waals surface area contributed by atoms with E-state index in [0.717, 1.165) is 19.4 Å². The second kappa shape index (κ2) is 4.81. The molecule has 2 N–H and O–H groups in total. The highest BCUT2D eigenvalue weighted by atomic mass is 16.4. The molecule has 0 spiro atoms. The van der Waals surface area contributed by atoms with Gasteiger partial charge in [-0.15, -0.1) is 5.10 Å². The van der Waals surface area contributed by atoms with E-state index < -0.39 is 0 Å². The first kappa shape index (κ1) is 11.8. The number of carbonyl (C=O) groups excluding carboxylic acids is 1. The first-order valence-corrected chi connectivity index (χ1v) is 6.10. The molecule has 0 radical (unpaired) electrons. The summed E-state index contributed by atoms with van der Waals surface area (Å²) < 4.78 is 6.97. The summed E-state index contributed by atoms with van der Waals surface area (Å²) in [7, 11) is 1.74. The molecule has 1 unspecified atom stereocenters. The molecule has 2 aromatic rings. The fourth-order valence-electron chi connectivity index (χ4n) is 2.02. The molecule has 19 heavy (non-hydrogen) atoms. The number of rotatable bonds is 3. The molecular weight excluding hydrogens is 248 g/mol. The highest BCUT2D eigenvalue weighted by molar-refractivity contribution is 6.01. The average Bonchev–Trinajstić information content (AvgIpc) is 3.07. The Bertz CT molecular complexity index is 584. The molecule has 100 valence electrons. The molecular formula is C11H14N6O2. The third kappa shape index (κ3) is 2.48. The minimum atomic E-state index is -0.366. The van der Waals surface area contributed by atoms with Crippen LogP contribution in [0.1, 0.15) is 35.3 Å². The van der Waals surface area contributed by atoms with Gasteiger partial charge in [0, 0.05) is 13.2 Å². The van der Waals surface area contributed by atoms with Crippen LogP contribution in [0, 0.1) is 0 Å². The van der Waals surface area contributed by atoms with Crippen molar-refractivity contribution in [3.05, 3.63) is 23.8 Å². The molecule has 3 rings (SSSR count).